The van der Waals surface area contributed by atoms with Crippen molar-refractivity contribution < 1.29 is 0 Å². The Morgan fingerprint density at radius 1 is 1.24 bits per heavy atom. The molecular weight excluding hydrogens is 250 g/mol. The van der Waals surface area contributed by atoms with Crippen molar-refractivity contribution in [1.82, 2.24) is 0 Å². The molecule has 0 unspecified atom stereocenters. The molecule has 0 atom stereocenters. The number of halogens is 1. The van der Waals surface area contributed by atoms with Crippen LogP contribution in [0.4, 0.5) is 5.69 Å². The maximum Gasteiger partial charge on any atom is 0.0931 e. The molecule has 1 heterocycles. The standard InChI is InChI=1S/C14H16ClNS/c1-3-11-6-4-5-10(2)14(11)16-9-12-7-8-13(15)17-12/h4-8,16H,3,9H2,1-2H3. The Kier molecular flexibility index (Phi) is 4.08. The van der Waals surface area contributed by atoms with Crippen LogP contribution in [0.15, 0.2) is 30.3 Å². The molecule has 17 heavy (non-hydrogen) atoms. The third-order valence-electron chi connectivity index (χ3n) is 2.81. The summed E-state index contributed by atoms with van der Waals surface area (Å²) >= 11 is 7.55. The van der Waals surface area contributed by atoms with Crippen LogP contribution in [-0.2, 0) is 13.0 Å². The number of para-hydroxylation sites is 1. The van der Waals surface area contributed by atoms with E-state index in [0.29, 0.717) is 0 Å². The zero-order valence-corrected chi connectivity index (χ0v) is 11.7. The number of hydrogen-bond acceptors (Lipinski definition) is 2. The largest absolute Gasteiger partial charge is 0.380 e. The molecule has 1 nitrogen and oxygen atoms in total. The van der Waals surface area contributed by atoms with E-state index in [0.717, 1.165) is 17.3 Å². The molecule has 2 aromatic rings. The van der Waals surface area contributed by atoms with Gasteiger partial charge in [0.1, 0.15) is 0 Å². The lowest BCUT2D eigenvalue weighted by molar-refractivity contribution is 1.09. The van der Waals surface area contributed by atoms with Crippen LogP contribution in [0.5, 0.6) is 0 Å². The molecule has 0 bridgehead atoms. The molecule has 0 saturated heterocycles. The highest BCUT2D eigenvalue weighted by molar-refractivity contribution is 7.16. The number of hydrogen-bond donors (Lipinski definition) is 1. The predicted octanol–water partition coefficient (Wildman–Crippen LogP) is 4.88. The molecule has 0 spiro atoms. The van der Waals surface area contributed by atoms with Gasteiger partial charge >= 0.3 is 0 Å². The second-order valence-electron chi connectivity index (χ2n) is 4.02. The van der Waals surface area contributed by atoms with Crippen molar-refractivity contribution in [3.05, 3.63) is 50.7 Å². The van der Waals surface area contributed by atoms with Gasteiger partial charge in [-0.05, 0) is 36.6 Å². The van der Waals surface area contributed by atoms with E-state index < -0.39 is 0 Å². The zero-order chi connectivity index (χ0) is 12.3. The van der Waals surface area contributed by atoms with Gasteiger partial charge in [-0.25, -0.2) is 0 Å². The van der Waals surface area contributed by atoms with E-state index >= 15 is 0 Å². The summed E-state index contributed by atoms with van der Waals surface area (Å²) in [5.41, 5.74) is 3.93. The average molecular weight is 266 g/mol. The number of thiophene rings is 1. The van der Waals surface area contributed by atoms with Crippen LogP contribution in [0.2, 0.25) is 4.34 Å². The van der Waals surface area contributed by atoms with Crippen molar-refractivity contribution in [2.24, 2.45) is 0 Å². The maximum absolute atomic E-state index is 5.92. The SMILES string of the molecule is CCc1cccc(C)c1NCc1ccc(Cl)s1. The van der Waals surface area contributed by atoms with Gasteiger partial charge in [0.25, 0.3) is 0 Å². The normalized spacial score (nSPS) is 10.5. The van der Waals surface area contributed by atoms with E-state index in [1.54, 1.807) is 11.3 Å². The topological polar surface area (TPSA) is 12.0 Å². The highest BCUT2D eigenvalue weighted by atomic mass is 35.5. The number of rotatable bonds is 4. The van der Waals surface area contributed by atoms with Crippen LogP contribution < -0.4 is 5.32 Å². The molecule has 0 aliphatic rings. The third kappa shape index (κ3) is 3.02. The van der Waals surface area contributed by atoms with E-state index in [1.165, 1.54) is 21.7 Å². The zero-order valence-electron chi connectivity index (χ0n) is 10.1. The van der Waals surface area contributed by atoms with E-state index in [1.807, 2.05) is 6.07 Å². The number of nitrogens with one attached hydrogen (secondary N) is 1. The van der Waals surface area contributed by atoms with Gasteiger partial charge in [-0.1, -0.05) is 36.7 Å². The number of anilines is 1. The third-order valence-corrected chi connectivity index (χ3v) is 4.04. The molecule has 0 radical (unpaired) electrons. The van der Waals surface area contributed by atoms with Crippen LogP contribution in [-0.4, -0.2) is 0 Å². The van der Waals surface area contributed by atoms with Crippen LogP contribution in [0.3, 0.4) is 0 Å². The molecule has 3 heteroatoms. The molecule has 1 aromatic carbocycles. The fourth-order valence-electron chi connectivity index (χ4n) is 1.90. The van der Waals surface area contributed by atoms with Gasteiger partial charge in [0, 0.05) is 17.1 Å². The quantitative estimate of drug-likeness (QED) is 0.830. The van der Waals surface area contributed by atoms with Gasteiger partial charge in [0.05, 0.1) is 4.34 Å². The lowest BCUT2D eigenvalue weighted by Gasteiger charge is -2.13. The minimum atomic E-state index is 0.842. The summed E-state index contributed by atoms with van der Waals surface area (Å²) in [4.78, 5) is 1.26. The minimum absolute atomic E-state index is 0.842. The minimum Gasteiger partial charge on any atom is -0.380 e. The fraction of sp³-hybridized carbons (Fsp3) is 0.286. The van der Waals surface area contributed by atoms with Crippen molar-refractivity contribution in [1.29, 1.82) is 0 Å². The molecule has 0 saturated carbocycles. The monoisotopic (exact) mass is 265 g/mol. The Balaban J connectivity index is 2.13. The lowest BCUT2D eigenvalue weighted by atomic mass is 10.1. The van der Waals surface area contributed by atoms with Crippen molar-refractivity contribution in [3.63, 3.8) is 0 Å². The Morgan fingerprint density at radius 3 is 2.71 bits per heavy atom. The molecule has 0 aliphatic carbocycles. The summed E-state index contributed by atoms with van der Waals surface area (Å²) in [6.45, 7) is 5.17. The summed E-state index contributed by atoms with van der Waals surface area (Å²) in [5.74, 6) is 0. The highest BCUT2D eigenvalue weighted by Gasteiger charge is 2.04. The lowest BCUT2D eigenvalue weighted by Crippen LogP contribution is -2.02. The van der Waals surface area contributed by atoms with Crippen LogP contribution in [0, 0.1) is 6.92 Å². The van der Waals surface area contributed by atoms with E-state index in [4.69, 9.17) is 11.6 Å². The molecule has 1 N–H and O–H groups in total. The molecule has 0 fully saturated rings. The molecule has 2 rings (SSSR count). The van der Waals surface area contributed by atoms with Crippen molar-refractivity contribution in [2.45, 2.75) is 26.8 Å². The fourth-order valence-corrected chi connectivity index (χ4v) is 2.93. The molecule has 0 aliphatic heterocycles. The van der Waals surface area contributed by atoms with Gasteiger partial charge in [0.2, 0.25) is 0 Å². The summed E-state index contributed by atoms with van der Waals surface area (Å²) in [7, 11) is 0. The first-order valence-corrected chi connectivity index (χ1v) is 6.96. The summed E-state index contributed by atoms with van der Waals surface area (Å²) in [6.07, 6.45) is 1.05. The van der Waals surface area contributed by atoms with Crippen molar-refractivity contribution in [2.75, 3.05) is 5.32 Å². The summed E-state index contributed by atoms with van der Waals surface area (Å²) in [5, 5.41) is 3.51. The van der Waals surface area contributed by atoms with Crippen LogP contribution in [0.25, 0.3) is 0 Å². The van der Waals surface area contributed by atoms with Crippen molar-refractivity contribution >= 4 is 28.6 Å². The van der Waals surface area contributed by atoms with E-state index in [-0.39, 0.29) is 0 Å². The van der Waals surface area contributed by atoms with Crippen molar-refractivity contribution in [3.8, 4) is 0 Å². The Hall–Kier alpha value is -0.990. The summed E-state index contributed by atoms with van der Waals surface area (Å²) < 4.78 is 0.849. The first-order valence-electron chi connectivity index (χ1n) is 5.77. The summed E-state index contributed by atoms with van der Waals surface area (Å²) in [6, 6.07) is 10.5. The Labute approximate surface area is 111 Å². The number of aryl methyl sites for hydroxylation is 2. The van der Waals surface area contributed by atoms with E-state index in [2.05, 4.69) is 43.4 Å². The Morgan fingerprint density at radius 2 is 2.06 bits per heavy atom. The van der Waals surface area contributed by atoms with Gasteiger partial charge in [-0.15, -0.1) is 11.3 Å². The first kappa shape index (κ1) is 12.5. The first-order chi connectivity index (χ1) is 8.20. The Bertz CT molecular complexity index is 505. The molecule has 0 amide bonds. The van der Waals surface area contributed by atoms with Gasteiger partial charge < -0.3 is 5.32 Å². The van der Waals surface area contributed by atoms with Gasteiger partial charge in [-0.2, -0.15) is 0 Å². The second kappa shape index (κ2) is 5.56. The number of benzene rings is 1. The van der Waals surface area contributed by atoms with Crippen LogP contribution >= 0.6 is 22.9 Å². The second-order valence-corrected chi connectivity index (χ2v) is 5.82. The maximum atomic E-state index is 5.92. The molecular formula is C14H16ClNS. The predicted molar refractivity (Wildman–Crippen MR) is 77.2 cm³/mol. The van der Waals surface area contributed by atoms with Gasteiger partial charge in [-0.3, -0.25) is 0 Å². The molecule has 1 aromatic heterocycles. The highest BCUT2D eigenvalue weighted by Crippen LogP contribution is 2.25. The molecule has 90 valence electrons. The van der Waals surface area contributed by atoms with Gasteiger partial charge in [0.15, 0.2) is 0 Å². The average Bonchev–Trinajstić information content (AvgIpc) is 2.73. The van der Waals surface area contributed by atoms with E-state index in [9.17, 15) is 0 Å². The van der Waals surface area contributed by atoms with Crippen LogP contribution in [0.1, 0.15) is 22.9 Å². The smallest absolute Gasteiger partial charge is 0.0931 e.